The van der Waals surface area contributed by atoms with Crippen molar-refractivity contribution in [1.29, 1.82) is 0 Å². The van der Waals surface area contributed by atoms with Crippen LogP contribution in [0, 0.1) is 0 Å². The van der Waals surface area contributed by atoms with Crippen molar-refractivity contribution in [2.75, 3.05) is 20.8 Å². The van der Waals surface area contributed by atoms with E-state index < -0.39 is 6.10 Å². The van der Waals surface area contributed by atoms with Gasteiger partial charge in [-0.05, 0) is 20.0 Å². The molecule has 1 atom stereocenters. The molecular weight excluding hydrogens is 206 g/mol. The Balaban J connectivity index is 2.90. The van der Waals surface area contributed by atoms with Crippen molar-refractivity contribution in [3.63, 3.8) is 0 Å². The summed E-state index contributed by atoms with van der Waals surface area (Å²) < 4.78 is 10.8. The molecule has 0 heterocycles. The van der Waals surface area contributed by atoms with Gasteiger partial charge in [0.1, 0.15) is 6.61 Å². The second-order valence-electron chi connectivity index (χ2n) is 3.64. The number of para-hydroxylation sites is 1. The van der Waals surface area contributed by atoms with Gasteiger partial charge in [-0.2, -0.15) is 0 Å². The van der Waals surface area contributed by atoms with Gasteiger partial charge in [-0.3, -0.25) is 0 Å². The van der Waals surface area contributed by atoms with Crippen molar-refractivity contribution in [3.8, 4) is 11.5 Å². The van der Waals surface area contributed by atoms with E-state index in [9.17, 15) is 5.11 Å². The van der Waals surface area contributed by atoms with Gasteiger partial charge in [0, 0.05) is 12.1 Å². The number of nitrogens with one attached hydrogen (secondary N) is 1. The van der Waals surface area contributed by atoms with Crippen LogP contribution in [0.3, 0.4) is 0 Å². The van der Waals surface area contributed by atoms with Crippen LogP contribution in [0.4, 0.5) is 0 Å². The van der Waals surface area contributed by atoms with Crippen LogP contribution in [-0.4, -0.2) is 32.0 Å². The number of rotatable bonds is 6. The molecule has 1 aromatic rings. The summed E-state index contributed by atoms with van der Waals surface area (Å²) in [5, 5.41) is 12.3. The number of hydrogen-bond acceptors (Lipinski definition) is 4. The first-order valence-electron chi connectivity index (χ1n) is 5.30. The molecule has 0 fully saturated rings. The minimum Gasteiger partial charge on any atom is -0.493 e. The summed E-state index contributed by atoms with van der Waals surface area (Å²) in [5.74, 6) is 1.38. The molecule has 0 amide bonds. The molecule has 0 aliphatic carbocycles. The molecule has 0 radical (unpaired) electrons. The highest BCUT2D eigenvalue weighted by Crippen LogP contribution is 2.31. The third-order valence-electron chi connectivity index (χ3n) is 2.12. The number of aliphatic hydroxyl groups is 1. The number of ether oxygens (including phenoxy) is 2. The number of hydrogen-bond donors (Lipinski definition) is 2. The Kier molecular flexibility index (Phi) is 5.08. The van der Waals surface area contributed by atoms with Gasteiger partial charge in [0.15, 0.2) is 11.5 Å². The molecule has 1 unspecified atom stereocenters. The van der Waals surface area contributed by atoms with Gasteiger partial charge in [0.2, 0.25) is 0 Å². The Hall–Kier alpha value is -1.26. The minimum atomic E-state index is -0.493. The lowest BCUT2D eigenvalue weighted by Gasteiger charge is -2.15. The normalized spacial score (nSPS) is 12.2. The summed E-state index contributed by atoms with van der Waals surface area (Å²) in [4.78, 5) is 0. The van der Waals surface area contributed by atoms with Crippen LogP contribution < -0.4 is 14.8 Å². The van der Waals surface area contributed by atoms with Gasteiger partial charge in [-0.1, -0.05) is 12.1 Å². The van der Waals surface area contributed by atoms with Crippen LogP contribution >= 0.6 is 0 Å². The quantitative estimate of drug-likeness (QED) is 0.763. The standard InChI is InChI=1S/C12H19NO3/c1-9(14)8-16-12-10(7-13-2)5-4-6-11(12)15-3/h4-6,9,13-14H,7-8H2,1-3H3. The molecule has 0 saturated carbocycles. The van der Waals surface area contributed by atoms with Gasteiger partial charge < -0.3 is 19.9 Å². The van der Waals surface area contributed by atoms with Crippen molar-refractivity contribution in [3.05, 3.63) is 23.8 Å². The minimum absolute atomic E-state index is 0.261. The molecule has 16 heavy (non-hydrogen) atoms. The molecule has 1 aromatic carbocycles. The van der Waals surface area contributed by atoms with Crippen LogP contribution in [0.15, 0.2) is 18.2 Å². The van der Waals surface area contributed by atoms with Gasteiger partial charge in [0.05, 0.1) is 13.2 Å². The SMILES string of the molecule is CNCc1cccc(OC)c1OCC(C)O. The van der Waals surface area contributed by atoms with Crippen LogP contribution in [0.5, 0.6) is 11.5 Å². The maximum atomic E-state index is 9.22. The zero-order valence-corrected chi connectivity index (χ0v) is 9.99. The first-order chi connectivity index (χ1) is 7.69. The van der Waals surface area contributed by atoms with E-state index in [1.807, 2.05) is 25.2 Å². The maximum Gasteiger partial charge on any atom is 0.165 e. The summed E-state index contributed by atoms with van der Waals surface area (Å²) in [5.41, 5.74) is 1.02. The van der Waals surface area contributed by atoms with Gasteiger partial charge in [-0.15, -0.1) is 0 Å². The molecule has 0 aliphatic heterocycles. The summed E-state index contributed by atoms with van der Waals surface area (Å²) >= 11 is 0. The largest absolute Gasteiger partial charge is 0.493 e. The Morgan fingerprint density at radius 2 is 2.19 bits per heavy atom. The number of benzene rings is 1. The number of methoxy groups -OCH3 is 1. The first-order valence-corrected chi connectivity index (χ1v) is 5.30. The highest BCUT2D eigenvalue weighted by Gasteiger charge is 2.10. The predicted octanol–water partition coefficient (Wildman–Crippen LogP) is 1.17. The molecular formula is C12H19NO3. The molecule has 0 bridgehead atoms. The Labute approximate surface area is 96.2 Å². The zero-order chi connectivity index (χ0) is 12.0. The second kappa shape index (κ2) is 6.35. The summed E-state index contributed by atoms with van der Waals surface area (Å²) in [6, 6.07) is 5.73. The van der Waals surface area contributed by atoms with E-state index in [-0.39, 0.29) is 6.61 Å². The van der Waals surface area contributed by atoms with Gasteiger partial charge in [-0.25, -0.2) is 0 Å². The Morgan fingerprint density at radius 1 is 1.44 bits per heavy atom. The van der Waals surface area contributed by atoms with Crippen molar-refractivity contribution in [2.45, 2.75) is 19.6 Å². The highest BCUT2D eigenvalue weighted by molar-refractivity contribution is 5.46. The van der Waals surface area contributed by atoms with Crippen LogP contribution in [-0.2, 0) is 6.54 Å². The average Bonchev–Trinajstić information content (AvgIpc) is 2.27. The molecule has 0 spiro atoms. The van der Waals surface area contributed by atoms with E-state index in [2.05, 4.69) is 5.32 Å². The molecule has 0 aliphatic rings. The second-order valence-corrected chi connectivity index (χ2v) is 3.64. The predicted molar refractivity (Wildman–Crippen MR) is 62.9 cm³/mol. The molecule has 0 aromatic heterocycles. The molecule has 1 rings (SSSR count). The summed E-state index contributed by atoms with van der Waals surface area (Å²) in [6.45, 7) is 2.65. The fraction of sp³-hybridized carbons (Fsp3) is 0.500. The van der Waals surface area contributed by atoms with Crippen LogP contribution in [0.2, 0.25) is 0 Å². The third kappa shape index (κ3) is 3.40. The van der Waals surface area contributed by atoms with E-state index >= 15 is 0 Å². The smallest absolute Gasteiger partial charge is 0.165 e. The monoisotopic (exact) mass is 225 g/mol. The Bertz CT molecular complexity index is 326. The molecule has 4 heteroatoms. The molecule has 90 valence electrons. The highest BCUT2D eigenvalue weighted by atomic mass is 16.5. The maximum absolute atomic E-state index is 9.22. The summed E-state index contributed by atoms with van der Waals surface area (Å²) in [6.07, 6.45) is -0.493. The lowest BCUT2D eigenvalue weighted by Crippen LogP contribution is -2.15. The van der Waals surface area contributed by atoms with Crippen molar-refractivity contribution in [1.82, 2.24) is 5.32 Å². The molecule has 2 N–H and O–H groups in total. The van der Waals surface area contributed by atoms with E-state index in [1.54, 1.807) is 14.0 Å². The van der Waals surface area contributed by atoms with E-state index in [1.165, 1.54) is 0 Å². The third-order valence-corrected chi connectivity index (χ3v) is 2.12. The van der Waals surface area contributed by atoms with Gasteiger partial charge >= 0.3 is 0 Å². The fourth-order valence-corrected chi connectivity index (χ4v) is 1.42. The average molecular weight is 225 g/mol. The number of aliphatic hydroxyl groups excluding tert-OH is 1. The fourth-order valence-electron chi connectivity index (χ4n) is 1.42. The molecule has 4 nitrogen and oxygen atoms in total. The first kappa shape index (κ1) is 12.8. The van der Waals surface area contributed by atoms with Crippen LogP contribution in [0.1, 0.15) is 12.5 Å². The lowest BCUT2D eigenvalue weighted by atomic mass is 10.2. The van der Waals surface area contributed by atoms with Crippen LogP contribution in [0.25, 0.3) is 0 Å². The summed E-state index contributed by atoms with van der Waals surface area (Å²) in [7, 11) is 3.48. The lowest BCUT2D eigenvalue weighted by molar-refractivity contribution is 0.120. The van der Waals surface area contributed by atoms with Crippen molar-refractivity contribution < 1.29 is 14.6 Å². The van der Waals surface area contributed by atoms with Gasteiger partial charge in [0.25, 0.3) is 0 Å². The van der Waals surface area contributed by atoms with E-state index in [4.69, 9.17) is 9.47 Å². The van der Waals surface area contributed by atoms with E-state index in [0.29, 0.717) is 18.0 Å². The zero-order valence-electron chi connectivity index (χ0n) is 9.99. The topological polar surface area (TPSA) is 50.7 Å². The van der Waals surface area contributed by atoms with Crippen molar-refractivity contribution in [2.24, 2.45) is 0 Å². The van der Waals surface area contributed by atoms with E-state index in [0.717, 1.165) is 5.56 Å². The van der Waals surface area contributed by atoms with Crippen molar-refractivity contribution >= 4 is 0 Å². The Morgan fingerprint density at radius 3 is 2.75 bits per heavy atom. The molecule has 0 saturated heterocycles.